The van der Waals surface area contributed by atoms with Crippen LogP contribution in [0.4, 0.5) is 4.79 Å². The molecule has 0 bridgehead atoms. The number of carbonyl (C=O) groups excluding carboxylic acids is 2. The molecule has 2 aromatic rings. The normalized spacial score (nSPS) is 11.9. The quantitative estimate of drug-likeness (QED) is 0.525. The van der Waals surface area contributed by atoms with E-state index in [1.807, 2.05) is 6.07 Å². The van der Waals surface area contributed by atoms with Crippen molar-refractivity contribution in [3.8, 4) is 0 Å². The van der Waals surface area contributed by atoms with Crippen molar-refractivity contribution in [3.63, 3.8) is 0 Å². The first-order valence-electron chi connectivity index (χ1n) is 7.67. The largest absolute Gasteiger partial charge is 0.480 e. The molecule has 2 rings (SSSR count). The fourth-order valence-electron chi connectivity index (χ4n) is 2.49. The first-order valence-corrected chi connectivity index (χ1v) is 8.05. The third-order valence-corrected chi connectivity index (χ3v) is 4.01. The minimum atomic E-state index is -1.13. The van der Waals surface area contributed by atoms with Gasteiger partial charge in [0, 0.05) is 28.7 Å². The van der Waals surface area contributed by atoms with Crippen molar-refractivity contribution in [2.75, 3.05) is 6.54 Å². The SMILES string of the molecule is NC(=O)NCCCC(NC(=O)Cn1ccc2c(Cl)cccc21)C(=O)O. The van der Waals surface area contributed by atoms with Gasteiger partial charge in [0.05, 0.1) is 0 Å². The van der Waals surface area contributed by atoms with E-state index in [-0.39, 0.29) is 19.5 Å². The highest BCUT2D eigenvalue weighted by atomic mass is 35.5. The van der Waals surface area contributed by atoms with Gasteiger partial charge in [-0.25, -0.2) is 9.59 Å². The minimum absolute atomic E-state index is 0.0207. The van der Waals surface area contributed by atoms with Crippen LogP contribution in [0.1, 0.15) is 12.8 Å². The van der Waals surface area contributed by atoms with Gasteiger partial charge in [-0.3, -0.25) is 4.79 Å². The van der Waals surface area contributed by atoms with Crippen molar-refractivity contribution in [3.05, 3.63) is 35.5 Å². The summed E-state index contributed by atoms with van der Waals surface area (Å²) in [5, 5.41) is 15.5. The molecule has 1 atom stereocenters. The van der Waals surface area contributed by atoms with Crippen LogP contribution in [0.25, 0.3) is 10.9 Å². The molecule has 0 aliphatic carbocycles. The highest BCUT2D eigenvalue weighted by Crippen LogP contribution is 2.24. The number of aromatic nitrogens is 1. The van der Waals surface area contributed by atoms with Crippen molar-refractivity contribution in [1.82, 2.24) is 15.2 Å². The second kappa shape index (κ2) is 8.39. The number of aliphatic carboxylic acids is 1. The number of benzene rings is 1. The van der Waals surface area contributed by atoms with Crippen molar-refractivity contribution in [2.45, 2.75) is 25.4 Å². The Balaban J connectivity index is 1.95. The van der Waals surface area contributed by atoms with Crippen molar-refractivity contribution in [2.24, 2.45) is 5.73 Å². The maximum atomic E-state index is 12.2. The lowest BCUT2D eigenvalue weighted by Crippen LogP contribution is -2.42. The van der Waals surface area contributed by atoms with Gasteiger partial charge in [-0.15, -0.1) is 0 Å². The molecule has 0 aliphatic heterocycles. The third kappa shape index (κ3) is 5.12. The molecule has 0 saturated heterocycles. The zero-order chi connectivity index (χ0) is 18.4. The van der Waals surface area contributed by atoms with E-state index in [9.17, 15) is 19.5 Å². The first kappa shape index (κ1) is 18.6. The molecular weight excluding hydrogens is 348 g/mol. The van der Waals surface area contributed by atoms with E-state index in [2.05, 4.69) is 10.6 Å². The Morgan fingerprint density at radius 2 is 2.04 bits per heavy atom. The molecule has 0 radical (unpaired) electrons. The molecule has 0 fully saturated rings. The molecule has 25 heavy (non-hydrogen) atoms. The fourth-order valence-corrected chi connectivity index (χ4v) is 2.73. The number of hydrogen-bond donors (Lipinski definition) is 4. The molecule has 0 aliphatic rings. The number of rotatable bonds is 8. The van der Waals surface area contributed by atoms with Gasteiger partial charge in [0.15, 0.2) is 0 Å². The number of urea groups is 1. The predicted octanol–water partition coefficient (Wildman–Crippen LogP) is 1.31. The van der Waals surface area contributed by atoms with E-state index in [0.29, 0.717) is 11.4 Å². The van der Waals surface area contributed by atoms with Crippen LogP contribution in [0.5, 0.6) is 0 Å². The lowest BCUT2D eigenvalue weighted by Gasteiger charge is -2.15. The van der Waals surface area contributed by atoms with Gasteiger partial charge in [0.2, 0.25) is 5.91 Å². The molecule has 3 amide bonds. The van der Waals surface area contributed by atoms with Gasteiger partial charge in [-0.1, -0.05) is 17.7 Å². The van der Waals surface area contributed by atoms with Crippen LogP contribution in [-0.4, -0.2) is 40.2 Å². The Kier molecular flexibility index (Phi) is 6.24. The standard InChI is InChI=1S/C16H19ClN4O4/c17-11-3-1-5-13-10(11)6-8-21(13)9-14(22)20-12(15(23)24)4-2-7-19-16(18)25/h1,3,5-6,8,12H,2,4,7,9H2,(H,20,22)(H,23,24)(H3,18,19,25). The minimum Gasteiger partial charge on any atom is -0.480 e. The lowest BCUT2D eigenvalue weighted by atomic mass is 10.1. The first-order chi connectivity index (χ1) is 11.9. The van der Waals surface area contributed by atoms with Crippen LogP contribution < -0.4 is 16.4 Å². The van der Waals surface area contributed by atoms with Gasteiger partial charge >= 0.3 is 12.0 Å². The average Bonchev–Trinajstić information content (AvgIpc) is 2.94. The molecular formula is C16H19ClN4O4. The smallest absolute Gasteiger partial charge is 0.326 e. The van der Waals surface area contributed by atoms with Crippen molar-refractivity contribution in [1.29, 1.82) is 0 Å². The van der Waals surface area contributed by atoms with E-state index in [4.69, 9.17) is 17.3 Å². The Bertz CT molecular complexity index is 790. The van der Waals surface area contributed by atoms with Crippen LogP contribution in [0.15, 0.2) is 30.5 Å². The summed E-state index contributed by atoms with van der Waals surface area (Å²) in [6.45, 7) is 0.225. The number of carbonyl (C=O) groups is 3. The van der Waals surface area contributed by atoms with E-state index in [1.165, 1.54) is 0 Å². The summed E-state index contributed by atoms with van der Waals surface area (Å²) in [6.07, 6.45) is 2.28. The Morgan fingerprint density at radius 3 is 2.72 bits per heavy atom. The number of primary amides is 1. The van der Waals surface area contributed by atoms with E-state index in [1.54, 1.807) is 29.0 Å². The highest BCUT2D eigenvalue weighted by Gasteiger charge is 2.20. The Labute approximate surface area is 148 Å². The summed E-state index contributed by atoms with van der Waals surface area (Å²) in [5.41, 5.74) is 5.73. The van der Waals surface area contributed by atoms with E-state index >= 15 is 0 Å². The topological polar surface area (TPSA) is 126 Å². The van der Waals surface area contributed by atoms with E-state index in [0.717, 1.165) is 10.9 Å². The monoisotopic (exact) mass is 366 g/mol. The number of carboxylic acid groups (broad SMARTS) is 1. The second-order valence-corrected chi connectivity index (χ2v) is 5.92. The fraction of sp³-hybridized carbons (Fsp3) is 0.312. The molecule has 0 spiro atoms. The molecule has 1 unspecified atom stereocenters. The summed E-state index contributed by atoms with van der Waals surface area (Å²) in [5.74, 6) is -1.56. The van der Waals surface area contributed by atoms with Crippen LogP contribution in [-0.2, 0) is 16.1 Å². The van der Waals surface area contributed by atoms with E-state index < -0.39 is 23.9 Å². The number of nitrogens with one attached hydrogen (secondary N) is 2. The maximum Gasteiger partial charge on any atom is 0.326 e. The van der Waals surface area contributed by atoms with Crippen LogP contribution in [0, 0.1) is 0 Å². The maximum absolute atomic E-state index is 12.2. The lowest BCUT2D eigenvalue weighted by molar-refractivity contribution is -0.142. The predicted molar refractivity (Wildman–Crippen MR) is 93.3 cm³/mol. The van der Waals surface area contributed by atoms with Crippen molar-refractivity contribution >= 4 is 40.4 Å². The summed E-state index contributed by atoms with van der Waals surface area (Å²) < 4.78 is 1.70. The van der Waals surface area contributed by atoms with Crippen LogP contribution in [0.3, 0.4) is 0 Å². The summed E-state index contributed by atoms with van der Waals surface area (Å²) in [6, 6.07) is 5.47. The molecule has 1 aromatic carbocycles. The number of amides is 3. The van der Waals surface area contributed by atoms with Crippen LogP contribution >= 0.6 is 11.6 Å². The summed E-state index contributed by atoms with van der Waals surface area (Å²) in [7, 11) is 0. The number of fused-ring (bicyclic) bond motifs is 1. The number of nitrogens with zero attached hydrogens (tertiary/aromatic N) is 1. The molecule has 5 N–H and O–H groups in total. The number of halogens is 1. The molecule has 1 heterocycles. The van der Waals surface area contributed by atoms with Gasteiger partial charge in [0.25, 0.3) is 0 Å². The number of carboxylic acids is 1. The van der Waals surface area contributed by atoms with Crippen LogP contribution in [0.2, 0.25) is 5.02 Å². The molecule has 0 saturated carbocycles. The molecule has 8 nitrogen and oxygen atoms in total. The van der Waals surface area contributed by atoms with Gasteiger partial charge in [0.1, 0.15) is 12.6 Å². The Morgan fingerprint density at radius 1 is 1.28 bits per heavy atom. The second-order valence-electron chi connectivity index (χ2n) is 5.51. The highest BCUT2D eigenvalue weighted by molar-refractivity contribution is 6.35. The average molecular weight is 367 g/mol. The third-order valence-electron chi connectivity index (χ3n) is 3.68. The Hall–Kier alpha value is -2.74. The summed E-state index contributed by atoms with van der Waals surface area (Å²) >= 11 is 6.10. The molecule has 9 heteroatoms. The molecule has 134 valence electrons. The zero-order valence-corrected chi connectivity index (χ0v) is 14.1. The van der Waals surface area contributed by atoms with Gasteiger partial charge in [-0.2, -0.15) is 0 Å². The summed E-state index contributed by atoms with van der Waals surface area (Å²) in [4.78, 5) is 34.0. The zero-order valence-electron chi connectivity index (χ0n) is 13.4. The van der Waals surface area contributed by atoms with Gasteiger partial charge < -0.3 is 26.0 Å². The number of hydrogen-bond acceptors (Lipinski definition) is 3. The molecule has 1 aromatic heterocycles. The van der Waals surface area contributed by atoms with Gasteiger partial charge in [-0.05, 0) is 31.0 Å². The number of nitrogens with two attached hydrogens (primary N) is 1. The van der Waals surface area contributed by atoms with Crippen molar-refractivity contribution < 1.29 is 19.5 Å².